The van der Waals surface area contributed by atoms with Crippen molar-refractivity contribution in [2.75, 3.05) is 0 Å². The molecule has 0 amide bonds. The van der Waals surface area contributed by atoms with Crippen LogP contribution in [0.15, 0.2) is 42.7 Å². The molecule has 0 bridgehead atoms. The summed E-state index contributed by atoms with van der Waals surface area (Å²) in [6.07, 6.45) is 3.28. The highest BCUT2D eigenvalue weighted by Gasteiger charge is 2.27. The van der Waals surface area contributed by atoms with Gasteiger partial charge in [-0.3, -0.25) is 4.98 Å². The van der Waals surface area contributed by atoms with Gasteiger partial charge in [0.25, 0.3) is 0 Å². The number of aromatic nitrogens is 1. The Morgan fingerprint density at radius 1 is 1.11 bits per heavy atom. The summed E-state index contributed by atoms with van der Waals surface area (Å²) in [6, 6.07) is 7.40. The van der Waals surface area contributed by atoms with E-state index < -0.39 is 12.4 Å². The van der Waals surface area contributed by atoms with Crippen LogP contribution in [0, 0.1) is 6.92 Å². The Kier molecular flexibility index (Phi) is 3.78. The Labute approximate surface area is 109 Å². The highest BCUT2D eigenvalue weighted by atomic mass is 19.4. The molecule has 0 unspecified atom stereocenters. The van der Waals surface area contributed by atoms with E-state index in [1.165, 1.54) is 19.1 Å². The fourth-order valence-electron chi connectivity index (χ4n) is 1.75. The Balaban J connectivity index is 2.09. The van der Waals surface area contributed by atoms with Crippen molar-refractivity contribution in [1.29, 1.82) is 0 Å². The molecular weight excluding hydrogens is 254 g/mol. The molecular formula is C13H12BF3NO-. The van der Waals surface area contributed by atoms with Crippen LogP contribution in [0.4, 0.5) is 12.9 Å². The molecule has 0 radical (unpaired) electrons. The summed E-state index contributed by atoms with van der Waals surface area (Å²) in [5, 5.41) is 0. The standard InChI is InChI=1S/C13H12BF3NO/c1-10-8-12(2-3-13(10)14(15,16)17)19-9-11-4-6-18-7-5-11/h2-8H,9H2,1H3/q-1. The minimum atomic E-state index is -4.97. The summed E-state index contributed by atoms with van der Waals surface area (Å²) in [7, 11) is 0. The van der Waals surface area contributed by atoms with Crippen LogP contribution in [0.25, 0.3) is 0 Å². The van der Waals surface area contributed by atoms with Crippen LogP contribution >= 0.6 is 0 Å². The smallest absolute Gasteiger partial charge is 0.489 e. The number of halogens is 3. The lowest BCUT2D eigenvalue weighted by atomic mass is 9.77. The minimum Gasteiger partial charge on any atom is -0.489 e. The van der Waals surface area contributed by atoms with Gasteiger partial charge in [0.15, 0.2) is 0 Å². The summed E-state index contributed by atoms with van der Waals surface area (Å²) in [5.41, 5.74) is 0.521. The lowest BCUT2D eigenvalue weighted by Gasteiger charge is -2.18. The first-order chi connectivity index (χ1) is 8.97. The van der Waals surface area contributed by atoms with Crippen LogP contribution in [0.1, 0.15) is 11.1 Å². The molecule has 0 spiro atoms. The molecule has 0 saturated heterocycles. The van der Waals surface area contributed by atoms with Gasteiger partial charge >= 0.3 is 6.98 Å². The van der Waals surface area contributed by atoms with Crippen molar-refractivity contribution in [3.05, 3.63) is 53.9 Å². The van der Waals surface area contributed by atoms with Crippen molar-refractivity contribution in [2.24, 2.45) is 0 Å². The van der Waals surface area contributed by atoms with Gasteiger partial charge in [-0.05, 0) is 36.8 Å². The van der Waals surface area contributed by atoms with Gasteiger partial charge in [0.2, 0.25) is 0 Å². The van der Waals surface area contributed by atoms with Crippen LogP contribution in [0.5, 0.6) is 5.75 Å². The van der Waals surface area contributed by atoms with Gasteiger partial charge in [-0.25, -0.2) is 0 Å². The third kappa shape index (κ3) is 3.50. The van der Waals surface area contributed by atoms with Gasteiger partial charge in [-0.1, -0.05) is 11.6 Å². The predicted octanol–water partition coefficient (Wildman–Crippen LogP) is 3.02. The van der Waals surface area contributed by atoms with E-state index in [0.717, 1.165) is 11.6 Å². The maximum atomic E-state index is 12.6. The Morgan fingerprint density at radius 3 is 2.37 bits per heavy atom. The number of benzene rings is 1. The van der Waals surface area contributed by atoms with Gasteiger partial charge in [0, 0.05) is 12.4 Å². The van der Waals surface area contributed by atoms with Gasteiger partial charge in [0.1, 0.15) is 12.4 Å². The van der Waals surface area contributed by atoms with Gasteiger partial charge < -0.3 is 17.7 Å². The maximum Gasteiger partial charge on any atom is 0.509 e. The van der Waals surface area contributed by atoms with Crippen molar-refractivity contribution in [3.8, 4) is 5.75 Å². The Bertz CT molecular complexity index is 558. The van der Waals surface area contributed by atoms with E-state index in [-0.39, 0.29) is 5.56 Å². The summed E-state index contributed by atoms with van der Waals surface area (Å²) < 4.78 is 43.4. The van der Waals surface area contributed by atoms with Crippen LogP contribution in [-0.2, 0) is 6.61 Å². The van der Waals surface area contributed by atoms with Crippen molar-refractivity contribution < 1.29 is 17.7 Å². The molecule has 0 aliphatic heterocycles. The number of ether oxygens (including phenoxy) is 1. The summed E-state index contributed by atoms with van der Waals surface area (Å²) in [4.78, 5) is 3.87. The second kappa shape index (κ2) is 5.34. The Morgan fingerprint density at radius 2 is 1.79 bits per heavy atom. The summed E-state index contributed by atoms with van der Waals surface area (Å²) >= 11 is 0. The van der Waals surface area contributed by atoms with E-state index in [1.54, 1.807) is 24.5 Å². The lowest BCUT2D eigenvalue weighted by Crippen LogP contribution is -2.35. The van der Waals surface area contributed by atoms with Crippen LogP contribution in [0.2, 0.25) is 0 Å². The molecule has 0 atom stereocenters. The minimum absolute atomic E-state index is 0.180. The molecule has 19 heavy (non-hydrogen) atoms. The SMILES string of the molecule is Cc1cc(OCc2ccncc2)ccc1[B-](F)(F)F. The van der Waals surface area contributed by atoms with Crippen LogP contribution in [0.3, 0.4) is 0 Å². The van der Waals surface area contributed by atoms with Crippen molar-refractivity contribution in [2.45, 2.75) is 13.5 Å². The topological polar surface area (TPSA) is 22.1 Å². The van der Waals surface area contributed by atoms with Crippen molar-refractivity contribution >= 4 is 12.4 Å². The Hall–Kier alpha value is -1.98. The molecule has 2 aromatic rings. The first kappa shape index (κ1) is 13.5. The molecule has 1 heterocycles. The average molecular weight is 266 g/mol. The van der Waals surface area contributed by atoms with Crippen molar-refractivity contribution in [1.82, 2.24) is 4.98 Å². The highest BCUT2D eigenvalue weighted by Crippen LogP contribution is 2.18. The average Bonchev–Trinajstić information content (AvgIpc) is 2.36. The highest BCUT2D eigenvalue weighted by molar-refractivity contribution is 6.74. The second-order valence-electron chi connectivity index (χ2n) is 4.24. The zero-order valence-corrected chi connectivity index (χ0v) is 10.3. The molecule has 0 N–H and O–H groups in total. The summed E-state index contributed by atoms with van der Waals surface area (Å²) in [5.74, 6) is 0.429. The first-order valence-electron chi connectivity index (χ1n) is 5.79. The molecule has 0 fully saturated rings. The third-order valence-electron chi connectivity index (χ3n) is 2.75. The molecule has 0 aliphatic carbocycles. The fraction of sp³-hybridized carbons (Fsp3) is 0.154. The van der Waals surface area contributed by atoms with E-state index >= 15 is 0 Å². The normalized spacial score (nSPS) is 11.4. The molecule has 6 heteroatoms. The lowest BCUT2D eigenvalue weighted by molar-refractivity contribution is 0.306. The second-order valence-corrected chi connectivity index (χ2v) is 4.24. The van der Waals surface area contributed by atoms with Crippen molar-refractivity contribution in [3.63, 3.8) is 0 Å². The van der Waals surface area contributed by atoms with Gasteiger partial charge in [-0.2, -0.15) is 0 Å². The molecule has 0 aliphatic rings. The monoisotopic (exact) mass is 266 g/mol. The molecule has 2 nitrogen and oxygen atoms in total. The largest absolute Gasteiger partial charge is 0.509 e. The van der Waals surface area contributed by atoms with E-state index in [9.17, 15) is 12.9 Å². The predicted molar refractivity (Wildman–Crippen MR) is 68.5 cm³/mol. The molecule has 0 saturated carbocycles. The van der Waals surface area contributed by atoms with Crippen LogP contribution < -0.4 is 10.2 Å². The number of hydrogen-bond donors (Lipinski definition) is 0. The number of nitrogens with zero attached hydrogens (tertiary/aromatic N) is 1. The quantitative estimate of drug-likeness (QED) is 0.793. The zero-order chi connectivity index (χ0) is 13.9. The van der Waals surface area contributed by atoms with E-state index in [4.69, 9.17) is 4.74 Å². The number of rotatable bonds is 4. The van der Waals surface area contributed by atoms with E-state index in [1.807, 2.05) is 0 Å². The number of pyridine rings is 1. The third-order valence-corrected chi connectivity index (χ3v) is 2.75. The zero-order valence-electron chi connectivity index (χ0n) is 10.3. The van der Waals surface area contributed by atoms with Crippen LogP contribution in [-0.4, -0.2) is 12.0 Å². The van der Waals surface area contributed by atoms with E-state index in [2.05, 4.69) is 4.98 Å². The van der Waals surface area contributed by atoms with Gasteiger partial charge in [0.05, 0.1) is 0 Å². The number of aryl methyl sites for hydroxylation is 1. The number of hydrogen-bond acceptors (Lipinski definition) is 2. The molecule has 100 valence electrons. The fourth-order valence-corrected chi connectivity index (χ4v) is 1.75. The van der Waals surface area contributed by atoms with E-state index in [0.29, 0.717) is 12.4 Å². The summed E-state index contributed by atoms with van der Waals surface area (Å²) in [6.45, 7) is -3.23. The molecule has 2 rings (SSSR count). The molecule has 1 aromatic carbocycles. The maximum absolute atomic E-state index is 12.6. The molecule has 1 aromatic heterocycles. The first-order valence-corrected chi connectivity index (χ1v) is 5.79. The van der Waals surface area contributed by atoms with Gasteiger partial charge in [-0.15, -0.1) is 5.46 Å².